The van der Waals surface area contributed by atoms with E-state index in [1.54, 1.807) is 0 Å². The van der Waals surface area contributed by atoms with Crippen molar-refractivity contribution >= 4 is 15.9 Å². The predicted molar refractivity (Wildman–Crippen MR) is 73.1 cm³/mol. The molecule has 0 amide bonds. The number of aliphatic hydroxyl groups is 1. The van der Waals surface area contributed by atoms with Crippen LogP contribution in [0.4, 0.5) is 0 Å². The van der Waals surface area contributed by atoms with Crippen LogP contribution in [-0.2, 0) is 4.74 Å². The Morgan fingerprint density at radius 3 is 2.88 bits per heavy atom. The summed E-state index contributed by atoms with van der Waals surface area (Å²) in [6.45, 7) is 5.56. The number of benzene rings is 1. The molecule has 3 nitrogen and oxygen atoms in total. The molecule has 2 N–H and O–H groups in total. The fourth-order valence-corrected chi connectivity index (χ4v) is 1.94. The molecule has 4 heteroatoms. The van der Waals surface area contributed by atoms with Crippen molar-refractivity contribution < 1.29 is 9.84 Å². The molecule has 1 aromatic carbocycles. The Morgan fingerprint density at radius 2 is 2.24 bits per heavy atom. The minimum atomic E-state index is -0.454. The van der Waals surface area contributed by atoms with E-state index in [4.69, 9.17) is 4.74 Å². The summed E-state index contributed by atoms with van der Waals surface area (Å²) in [6, 6.07) is 8.36. The van der Waals surface area contributed by atoms with E-state index in [1.807, 2.05) is 19.1 Å². The van der Waals surface area contributed by atoms with Gasteiger partial charge in [-0.2, -0.15) is 0 Å². The summed E-state index contributed by atoms with van der Waals surface area (Å²) in [5, 5.41) is 12.9. The van der Waals surface area contributed by atoms with Crippen LogP contribution < -0.4 is 5.32 Å². The second-order valence-corrected chi connectivity index (χ2v) is 4.91. The third-order valence-electron chi connectivity index (χ3n) is 2.52. The standard InChI is InChI=1S/C13H20BrNO2/c1-3-17-9-13(16)8-15-10(2)11-5-4-6-12(14)7-11/h4-7,10,13,15-16H,3,8-9H2,1-2H3/t10-,13?/m1/s1. The lowest BCUT2D eigenvalue weighted by Crippen LogP contribution is -2.32. The highest BCUT2D eigenvalue weighted by Gasteiger charge is 2.08. The molecule has 0 heterocycles. The first-order chi connectivity index (χ1) is 8.13. The molecule has 0 aromatic heterocycles. The first-order valence-electron chi connectivity index (χ1n) is 5.88. The number of hydrogen-bond donors (Lipinski definition) is 2. The van der Waals surface area contributed by atoms with E-state index in [9.17, 15) is 5.11 Å². The first kappa shape index (κ1) is 14.6. The molecule has 0 saturated heterocycles. The molecule has 0 fully saturated rings. The predicted octanol–water partition coefficient (Wildman–Crippen LogP) is 2.50. The fraction of sp³-hybridized carbons (Fsp3) is 0.538. The highest BCUT2D eigenvalue weighted by atomic mass is 79.9. The molecule has 0 aliphatic heterocycles. The van der Waals surface area contributed by atoms with Gasteiger partial charge in [0, 0.05) is 23.7 Å². The van der Waals surface area contributed by atoms with Gasteiger partial charge >= 0.3 is 0 Å². The van der Waals surface area contributed by atoms with Crippen molar-refractivity contribution in [2.75, 3.05) is 19.8 Å². The molecule has 0 bridgehead atoms. The monoisotopic (exact) mass is 301 g/mol. The van der Waals surface area contributed by atoms with Gasteiger partial charge in [-0.15, -0.1) is 0 Å². The van der Waals surface area contributed by atoms with Crippen LogP contribution in [0.1, 0.15) is 25.5 Å². The van der Waals surface area contributed by atoms with Crippen LogP contribution in [0, 0.1) is 0 Å². The zero-order chi connectivity index (χ0) is 12.7. The molecule has 0 saturated carbocycles. The second kappa shape index (κ2) is 7.82. The summed E-state index contributed by atoms with van der Waals surface area (Å²) in [5.41, 5.74) is 1.20. The smallest absolute Gasteiger partial charge is 0.0897 e. The molecular weight excluding hydrogens is 282 g/mol. The summed E-state index contributed by atoms with van der Waals surface area (Å²) in [6.07, 6.45) is -0.454. The van der Waals surface area contributed by atoms with Crippen LogP contribution in [-0.4, -0.2) is 31.0 Å². The van der Waals surface area contributed by atoms with Gasteiger partial charge in [-0.25, -0.2) is 0 Å². The van der Waals surface area contributed by atoms with Gasteiger partial charge in [-0.3, -0.25) is 0 Å². The van der Waals surface area contributed by atoms with E-state index in [-0.39, 0.29) is 6.04 Å². The molecule has 0 radical (unpaired) electrons. The Labute approximate surface area is 111 Å². The number of ether oxygens (including phenoxy) is 1. The van der Waals surface area contributed by atoms with E-state index in [2.05, 4.69) is 40.3 Å². The highest BCUT2D eigenvalue weighted by Crippen LogP contribution is 2.17. The van der Waals surface area contributed by atoms with Gasteiger partial charge in [0.2, 0.25) is 0 Å². The topological polar surface area (TPSA) is 41.5 Å². The minimum Gasteiger partial charge on any atom is -0.389 e. The van der Waals surface area contributed by atoms with Crippen LogP contribution in [0.15, 0.2) is 28.7 Å². The van der Waals surface area contributed by atoms with Crippen LogP contribution in [0.5, 0.6) is 0 Å². The van der Waals surface area contributed by atoms with Gasteiger partial charge in [0.1, 0.15) is 0 Å². The van der Waals surface area contributed by atoms with Crippen LogP contribution in [0.2, 0.25) is 0 Å². The number of aliphatic hydroxyl groups excluding tert-OH is 1. The normalized spacial score (nSPS) is 14.6. The van der Waals surface area contributed by atoms with Gasteiger partial charge in [-0.1, -0.05) is 28.1 Å². The van der Waals surface area contributed by atoms with Gasteiger partial charge < -0.3 is 15.2 Å². The lowest BCUT2D eigenvalue weighted by atomic mass is 10.1. The third-order valence-corrected chi connectivity index (χ3v) is 3.02. The van der Waals surface area contributed by atoms with E-state index >= 15 is 0 Å². The van der Waals surface area contributed by atoms with Gasteiger partial charge in [0.05, 0.1) is 12.7 Å². The van der Waals surface area contributed by atoms with Crippen molar-refractivity contribution in [3.8, 4) is 0 Å². The Bertz CT molecular complexity index is 333. The van der Waals surface area contributed by atoms with E-state index in [0.29, 0.717) is 19.8 Å². The Kier molecular flexibility index (Phi) is 6.73. The Morgan fingerprint density at radius 1 is 1.47 bits per heavy atom. The number of rotatable bonds is 7. The first-order valence-corrected chi connectivity index (χ1v) is 6.67. The third kappa shape index (κ3) is 5.64. The molecule has 0 aliphatic rings. The lowest BCUT2D eigenvalue weighted by molar-refractivity contribution is 0.0416. The van der Waals surface area contributed by atoms with Crippen molar-refractivity contribution in [1.29, 1.82) is 0 Å². The van der Waals surface area contributed by atoms with Crippen LogP contribution >= 0.6 is 15.9 Å². The summed E-state index contributed by atoms with van der Waals surface area (Å²) < 4.78 is 6.22. The van der Waals surface area contributed by atoms with Gasteiger partial charge in [0.15, 0.2) is 0 Å². The zero-order valence-electron chi connectivity index (χ0n) is 10.3. The molecule has 1 aromatic rings. The van der Waals surface area contributed by atoms with Crippen molar-refractivity contribution in [2.24, 2.45) is 0 Å². The molecule has 17 heavy (non-hydrogen) atoms. The number of hydrogen-bond acceptors (Lipinski definition) is 3. The highest BCUT2D eigenvalue weighted by molar-refractivity contribution is 9.10. The maximum atomic E-state index is 9.63. The molecule has 96 valence electrons. The quantitative estimate of drug-likeness (QED) is 0.813. The summed E-state index contributed by atoms with van der Waals surface area (Å²) in [7, 11) is 0. The summed E-state index contributed by atoms with van der Waals surface area (Å²) >= 11 is 3.45. The maximum absolute atomic E-state index is 9.63. The van der Waals surface area contributed by atoms with E-state index in [1.165, 1.54) is 5.56 Å². The van der Waals surface area contributed by atoms with Crippen molar-refractivity contribution in [3.05, 3.63) is 34.3 Å². The SMILES string of the molecule is CCOCC(O)CN[C@H](C)c1cccc(Br)c1. The van der Waals surface area contributed by atoms with Crippen LogP contribution in [0.3, 0.4) is 0 Å². The number of nitrogens with one attached hydrogen (secondary N) is 1. The van der Waals surface area contributed by atoms with Crippen molar-refractivity contribution in [1.82, 2.24) is 5.32 Å². The Hall–Kier alpha value is -0.420. The van der Waals surface area contributed by atoms with Crippen molar-refractivity contribution in [2.45, 2.75) is 26.0 Å². The Balaban J connectivity index is 2.36. The molecular formula is C13H20BrNO2. The molecule has 1 unspecified atom stereocenters. The molecule has 0 spiro atoms. The van der Waals surface area contributed by atoms with Crippen molar-refractivity contribution in [3.63, 3.8) is 0 Å². The largest absolute Gasteiger partial charge is 0.389 e. The fourth-order valence-electron chi connectivity index (χ4n) is 1.52. The molecule has 0 aliphatic carbocycles. The summed E-state index contributed by atoms with van der Waals surface area (Å²) in [4.78, 5) is 0. The van der Waals surface area contributed by atoms with Gasteiger partial charge in [0.25, 0.3) is 0 Å². The van der Waals surface area contributed by atoms with E-state index in [0.717, 1.165) is 4.47 Å². The zero-order valence-corrected chi connectivity index (χ0v) is 11.9. The average Bonchev–Trinajstić information content (AvgIpc) is 2.33. The molecule has 1 rings (SSSR count). The van der Waals surface area contributed by atoms with E-state index < -0.39 is 6.10 Å². The lowest BCUT2D eigenvalue weighted by Gasteiger charge is -2.17. The summed E-state index contributed by atoms with van der Waals surface area (Å²) in [5.74, 6) is 0. The second-order valence-electron chi connectivity index (χ2n) is 4.00. The van der Waals surface area contributed by atoms with Crippen LogP contribution in [0.25, 0.3) is 0 Å². The number of halogens is 1. The minimum absolute atomic E-state index is 0.212. The molecule has 2 atom stereocenters. The average molecular weight is 302 g/mol. The van der Waals surface area contributed by atoms with Gasteiger partial charge in [-0.05, 0) is 31.5 Å². The maximum Gasteiger partial charge on any atom is 0.0897 e.